The summed E-state index contributed by atoms with van der Waals surface area (Å²) >= 11 is 0. The molecule has 0 spiro atoms. The molecule has 2 heterocycles. The molecule has 2 aromatic carbocycles. The van der Waals surface area contributed by atoms with E-state index in [2.05, 4.69) is 27.5 Å². The van der Waals surface area contributed by atoms with Gasteiger partial charge in [0.05, 0.1) is 10.9 Å². The van der Waals surface area contributed by atoms with Crippen molar-refractivity contribution < 1.29 is 14.0 Å². The lowest BCUT2D eigenvalue weighted by Gasteiger charge is -2.30. The van der Waals surface area contributed by atoms with Crippen molar-refractivity contribution in [3.8, 4) is 0 Å². The number of nitrogens with zero attached hydrogens (tertiary/aromatic N) is 3. The van der Waals surface area contributed by atoms with Crippen LogP contribution >= 0.6 is 0 Å². The predicted octanol–water partition coefficient (Wildman–Crippen LogP) is 5.38. The highest BCUT2D eigenvalue weighted by Gasteiger charge is 2.32. The fraction of sp³-hybridized carbons (Fsp3) is 0.344. The molecular weight excluding hydrogens is 518 g/mol. The Kier molecular flexibility index (Phi) is 9.17. The minimum atomic E-state index is -1.09. The van der Waals surface area contributed by atoms with E-state index in [1.807, 2.05) is 42.5 Å². The van der Waals surface area contributed by atoms with E-state index in [1.54, 1.807) is 51.0 Å². The Morgan fingerprint density at radius 2 is 1.78 bits per heavy atom. The lowest BCUT2D eigenvalue weighted by molar-refractivity contribution is -0.133. The molecule has 0 aliphatic carbocycles. The molecule has 0 radical (unpaired) electrons. The van der Waals surface area contributed by atoms with E-state index in [9.17, 15) is 14.4 Å². The minimum Gasteiger partial charge on any atom is -0.389 e. The Morgan fingerprint density at radius 1 is 1.02 bits per heavy atom. The van der Waals surface area contributed by atoms with Gasteiger partial charge in [0.15, 0.2) is 0 Å². The standard InChI is InChI=1S/C32H37N5O4/c1-6-7-10-22-12-14-23(15-13-22)28(38)34-25-16-17-26-27(21(25)2)29(39)41-31(35-26)36-32(3,4)30(40)37(5)20-18-24-11-8-9-19-33-24/h8-9,11-17,19H,6-7,10,18,20H2,1-5H3,(H,34,38)(H,35,36). The van der Waals surface area contributed by atoms with Crippen molar-refractivity contribution in [3.63, 3.8) is 0 Å². The molecule has 0 atom stereocenters. The molecule has 4 rings (SSSR count). The first kappa shape index (κ1) is 29.5. The van der Waals surface area contributed by atoms with Crippen LogP contribution in [0, 0.1) is 6.92 Å². The lowest BCUT2D eigenvalue weighted by atomic mass is 10.0. The smallest absolute Gasteiger partial charge is 0.348 e. The zero-order valence-electron chi connectivity index (χ0n) is 24.3. The van der Waals surface area contributed by atoms with Crippen molar-refractivity contribution in [3.05, 3.63) is 93.6 Å². The maximum absolute atomic E-state index is 13.2. The topological polar surface area (TPSA) is 117 Å². The molecular formula is C32H37N5O4. The second-order valence-electron chi connectivity index (χ2n) is 10.7. The van der Waals surface area contributed by atoms with Crippen molar-refractivity contribution >= 4 is 34.4 Å². The zero-order valence-corrected chi connectivity index (χ0v) is 24.3. The van der Waals surface area contributed by atoms with Crippen molar-refractivity contribution in [1.29, 1.82) is 0 Å². The number of anilines is 2. The number of aromatic nitrogens is 2. The SMILES string of the molecule is CCCCc1ccc(C(=O)Nc2ccc3nc(NC(C)(C)C(=O)N(C)CCc4ccccn4)oc(=O)c3c2C)cc1. The molecule has 9 nitrogen and oxygen atoms in total. The van der Waals surface area contributed by atoms with Crippen LogP contribution in [0.4, 0.5) is 11.7 Å². The third-order valence-corrected chi connectivity index (χ3v) is 7.07. The van der Waals surface area contributed by atoms with Gasteiger partial charge in [0, 0.05) is 43.2 Å². The average molecular weight is 556 g/mol. The summed E-state index contributed by atoms with van der Waals surface area (Å²) in [6, 6.07) is 16.5. The van der Waals surface area contributed by atoms with E-state index in [0.29, 0.717) is 35.3 Å². The number of nitrogens with one attached hydrogen (secondary N) is 2. The number of pyridine rings is 1. The van der Waals surface area contributed by atoms with Crippen LogP contribution in [0.15, 0.2) is 70.0 Å². The van der Waals surface area contributed by atoms with E-state index in [-0.39, 0.29) is 23.2 Å². The van der Waals surface area contributed by atoms with E-state index < -0.39 is 11.2 Å². The molecule has 4 aromatic rings. The highest BCUT2D eigenvalue weighted by Crippen LogP contribution is 2.25. The summed E-state index contributed by atoms with van der Waals surface area (Å²) < 4.78 is 5.49. The zero-order chi connectivity index (χ0) is 29.6. The molecule has 0 unspecified atom stereocenters. The van der Waals surface area contributed by atoms with Crippen LogP contribution in [-0.2, 0) is 17.6 Å². The highest BCUT2D eigenvalue weighted by molar-refractivity contribution is 6.06. The van der Waals surface area contributed by atoms with Gasteiger partial charge in [-0.25, -0.2) is 4.79 Å². The van der Waals surface area contributed by atoms with Gasteiger partial charge in [-0.2, -0.15) is 4.98 Å². The van der Waals surface area contributed by atoms with Crippen LogP contribution < -0.4 is 16.3 Å². The Morgan fingerprint density at radius 3 is 2.46 bits per heavy atom. The first-order valence-corrected chi connectivity index (χ1v) is 13.9. The van der Waals surface area contributed by atoms with Gasteiger partial charge in [-0.05, 0) is 81.1 Å². The molecule has 0 saturated carbocycles. The van der Waals surface area contributed by atoms with Crippen molar-refractivity contribution in [2.45, 2.75) is 58.9 Å². The van der Waals surface area contributed by atoms with Crippen molar-refractivity contribution in [2.75, 3.05) is 24.2 Å². The largest absolute Gasteiger partial charge is 0.389 e. The Bertz CT molecular complexity index is 1580. The van der Waals surface area contributed by atoms with E-state index >= 15 is 0 Å². The summed E-state index contributed by atoms with van der Waals surface area (Å²) in [5.41, 5.74) is 2.36. The molecule has 2 aromatic heterocycles. The molecule has 2 N–H and O–H groups in total. The van der Waals surface area contributed by atoms with Crippen LogP contribution in [-0.4, -0.2) is 45.8 Å². The number of carbonyl (C=O) groups is 2. The monoisotopic (exact) mass is 555 g/mol. The molecule has 0 saturated heterocycles. The van der Waals surface area contributed by atoms with Gasteiger partial charge in [-0.1, -0.05) is 31.5 Å². The Balaban J connectivity index is 1.47. The number of benzene rings is 2. The first-order valence-electron chi connectivity index (χ1n) is 13.9. The number of unbranched alkanes of at least 4 members (excludes halogenated alkanes) is 1. The molecule has 0 fully saturated rings. The molecule has 214 valence electrons. The lowest BCUT2D eigenvalue weighted by Crippen LogP contribution is -2.49. The summed E-state index contributed by atoms with van der Waals surface area (Å²) in [6.45, 7) is 7.78. The van der Waals surface area contributed by atoms with Crippen molar-refractivity contribution in [1.82, 2.24) is 14.9 Å². The Labute approximate surface area is 240 Å². The second kappa shape index (κ2) is 12.8. The number of amides is 2. The van der Waals surface area contributed by atoms with Crippen molar-refractivity contribution in [2.24, 2.45) is 0 Å². The van der Waals surface area contributed by atoms with Crippen LogP contribution in [0.1, 0.15) is 60.8 Å². The van der Waals surface area contributed by atoms with Crippen LogP contribution in [0.25, 0.3) is 10.9 Å². The molecule has 9 heteroatoms. The second-order valence-corrected chi connectivity index (χ2v) is 10.7. The summed E-state index contributed by atoms with van der Waals surface area (Å²) in [5.74, 6) is -0.455. The summed E-state index contributed by atoms with van der Waals surface area (Å²) in [6.07, 6.45) is 5.54. The fourth-order valence-electron chi connectivity index (χ4n) is 4.63. The number of likely N-dealkylation sites (N-methyl/N-ethyl adjacent to an activating group) is 1. The van der Waals surface area contributed by atoms with Gasteiger partial charge in [0.1, 0.15) is 5.54 Å². The van der Waals surface area contributed by atoms with Gasteiger partial charge < -0.3 is 20.0 Å². The quantitative estimate of drug-likeness (QED) is 0.255. The summed E-state index contributed by atoms with van der Waals surface area (Å²) in [7, 11) is 1.72. The molecule has 41 heavy (non-hydrogen) atoms. The maximum Gasteiger partial charge on any atom is 0.348 e. The number of hydrogen-bond donors (Lipinski definition) is 2. The predicted molar refractivity (Wildman–Crippen MR) is 161 cm³/mol. The average Bonchev–Trinajstić information content (AvgIpc) is 2.96. The third-order valence-electron chi connectivity index (χ3n) is 7.07. The minimum absolute atomic E-state index is 0.0571. The van der Waals surface area contributed by atoms with Gasteiger partial charge in [-0.15, -0.1) is 0 Å². The normalized spacial score (nSPS) is 11.3. The van der Waals surface area contributed by atoms with E-state index in [4.69, 9.17) is 4.42 Å². The highest BCUT2D eigenvalue weighted by atomic mass is 16.4. The van der Waals surface area contributed by atoms with E-state index in [1.165, 1.54) is 5.56 Å². The van der Waals surface area contributed by atoms with Gasteiger partial charge in [-0.3, -0.25) is 14.6 Å². The first-order chi connectivity index (χ1) is 19.6. The van der Waals surface area contributed by atoms with Gasteiger partial charge in [0.25, 0.3) is 11.9 Å². The fourth-order valence-corrected chi connectivity index (χ4v) is 4.63. The van der Waals surface area contributed by atoms with E-state index in [0.717, 1.165) is 25.0 Å². The molecule has 0 aliphatic heterocycles. The van der Waals surface area contributed by atoms with Crippen LogP contribution in [0.5, 0.6) is 0 Å². The Hall–Kier alpha value is -4.53. The number of hydrogen-bond acceptors (Lipinski definition) is 7. The summed E-state index contributed by atoms with van der Waals surface area (Å²) in [4.78, 5) is 49.5. The van der Waals surface area contributed by atoms with Gasteiger partial charge in [0.2, 0.25) is 5.91 Å². The van der Waals surface area contributed by atoms with Gasteiger partial charge >= 0.3 is 5.63 Å². The van der Waals surface area contributed by atoms with Crippen LogP contribution in [0.2, 0.25) is 0 Å². The summed E-state index contributed by atoms with van der Waals surface area (Å²) in [5, 5.41) is 6.14. The number of rotatable bonds is 11. The molecule has 0 aliphatic rings. The van der Waals surface area contributed by atoms with Crippen LogP contribution in [0.3, 0.4) is 0 Å². The molecule has 0 bridgehead atoms. The number of carbonyl (C=O) groups excluding carboxylic acids is 2. The number of aryl methyl sites for hydroxylation is 2. The molecule has 2 amide bonds. The maximum atomic E-state index is 13.2. The number of fused-ring (bicyclic) bond motifs is 1. The third kappa shape index (κ3) is 7.16.